The van der Waals surface area contributed by atoms with E-state index in [1.807, 2.05) is 49.3 Å². The molecule has 0 spiro atoms. The van der Waals surface area contributed by atoms with Crippen LogP contribution in [0, 0.1) is 0 Å². The summed E-state index contributed by atoms with van der Waals surface area (Å²) in [4.78, 5) is 30.5. The normalized spacial score (nSPS) is 20.0. The minimum atomic E-state index is -3.79. The largest absolute Gasteiger partial charge is 0.340 e. The number of benzene rings is 2. The predicted octanol–water partition coefficient (Wildman–Crippen LogP) is 2.70. The molecule has 4 aromatic rings. The van der Waals surface area contributed by atoms with Crippen molar-refractivity contribution in [1.82, 2.24) is 29.4 Å². The van der Waals surface area contributed by atoms with E-state index in [0.717, 1.165) is 35.3 Å². The second kappa shape index (κ2) is 7.98. The van der Waals surface area contributed by atoms with E-state index in [2.05, 4.69) is 14.8 Å². The zero-order chi connectivity index (χ0) is 26.2. The molecule has 38 heavy (non-hydrogen) atoms. The van der Waals surface area contributed by atoms with Crippen LogP contribution in [0.2, 0.25) is 0 Å². The first-order valence-corrected chi connectivity index (χ1v) is 13.9. The summed E-state index contributed by atoms with van der Waals surface area (Å²) in [6.07, 6.45) is 5.14. The summed E-state index contributed by atoms with van der Waals surface area (Å²) in [5, 5.41) is 4.23. The standard InChI is InChI=1S/C26H26N8O3S/c1-26(9-10-26)31-38(36,37)17-7-8-21-18(11-17)24(35)33(15-16-12-28-32(2)14-16)25-27-13-22(34(21)25)23-29-19-5-3-4-6-20(19)30-23/h3-8,11-12,14,22,31H,9-10,13,15H2,1-2H3,(H,29,30)/t22-/m0/s1. The number of rotatable bonds is 6. The van der Waals surface area contributed by atoms with Crippen LogP contribution in [-0.2, 0) is 23.6 Å². The molecule has 12 heteroatoms. The van der Waals surface area contributed by atoms with Gasteiger partial charge in [0.15, 0.2) is 0 Å². The number of anilines is 1. The lowest BCUT2D eigenvalue weighted by atomic mass is 10.1. The number of aromatic amines is 1. The average molecular weight is 531 g/mol. The van der Waals surface area contributed by atoms with E-state index in [9.17, 15) is 13.2 Å². The molecule has 1 fully saturated rings. The molecule has 7 rings (SSSR count). The van der Waals surface area contributed by atoms with E-state index in [0.29, 0.717) is 23.8 Å². The molecule has 2 aromatic heterocycles. The van der Waals surface area contributed by atoms with Crippen molar-refractivity contribution >= 4 is 38.6 Å². The fourth-order valence-electron chi connectivity index (χ4n) is 5.15. The van der Waals surface area contributed by atoms with Gasteiger partial charge in [0.1, 0.15) is 11.9 Å². The molecule has 0 bridgehead atoms. The molecular formula is C26H26N8O3S. The molecule has 2 aliphatic heterocycles. The van der Waals surface area contributed by atoms with Crippen LogP contribution in [0.1, 0.15) is 47.6 Å². The van der Waals surface area contributed by atoms with E-state index in [4.69, 9.17) is 9.98 Å². The van der Waals surface area contributed by atoms with Crippen LogP contribution in [0.15, 0.2) is 64.7 Å². The van der Waals surface area contributed by atoms with E-state index in [1.165, 1.54) is 6.07 Å². The number of hydrogen-bond acceptors (Lipinski definition) is 7. The second-order valence-corrected chi connectivity index (χ2v) is 12.1. The maximum Gasteiger partial charge on any atom is 0.263 e. The number of nitrogens with one attached hydrogen (secondary N) is 2. The molecule has 0 unspecified atom stereocenters. The first-order valence-electron chi connectivity index (χ1n) is 12.5. The quantitative estimate of drug-likeness (QED) is 0.395. The third-order valence-electron chi connectivity index (χ3n) is 7.39. The number of amides is 1. The Hall–Kier alpha value is -4.03. The van der Waals surface area contributed by atoms with Crippen LogP contribution in [0.3, 0.4) is 0 Å². The SMILES string of the molecule is Cn1cc(CN2C(=O)c3cc(S(=O)(=O)NC4(C)CC4)ccc3N3C2=NC[C@H]3c2nc3ccccc3[nH]2)cn1. The van der Waals surface area contributed by atoms with Crippen LogP contribution >= 0.6 is 0 Å². The van der Waals surface area contributed by atoms with Gasteiger partial charge < -0.3 is 4.98 Å². The van der Waals surface area contributed by atoms with Crippen molar-refractivity contribution in [2.24, 2.45) is 12.0 Å². The molecule has 1 amide bonds. The smallest absolute Gasteiger partial charge is 0.263 e. The van der Waals surface area contributed by atoms with Gasteiger partial charge in [0.2, 0.25) is 16.0 Å². The van der Waals surface area contributed by atoms with Crippen LogP contribution < -0.4 is 9.62 Å². The van der Waals surface area contributed by atoms with Crippen LogP contribution in [0.4, 0.5) is 5.69 Å². The number of carbonyl (C=O) groups excluding carboxylic acids is 1. The maximum atomic E-state index is 13.9. The fourth-order valence-corrected chi connectivity index (χ4v) is 6.64. The molecule has 194 valence electrons. The number of imidazole rings is 1. The molecule has 0 radical (unpaired) electrons. The highest BCUT2D eigenvalue weighted by Gasteiger charge is 2.45. The van der Waals surface area contributed by atoms with Gasteiger partial charge >= 0.3 is 0 Å². The Kier molecular flexibility index (Phi) is 4.86. The van der Waals surface area contributed by atoms with Crippen LogP contribution in [-0.4, -0.2) is 57.0 Å². The lowest BCUT2D eigenvalue weighted by Gasteiger charge is -2.38. The number of para-hydroxylation sites is 2. The molecule has 1 saturated carbocycles. The summed E-state index contributed by atoms with van der Waals surface area (Å²) in [6, 6.07) is 12.3. The first-order chi connectivity index (χ1) is 18.2. The zero-order valence-corrected chi connectivity index (χ0v) is 21.7. The highest BCUT2D eigenvalue weighted by atomic mass is 32.2. The molecule has 4 heterocycles. The van der Waals surface area contributed by atoms with Gasteiger partial charge in [0.05, 0.1) is 46.5 Å². The fraction of sp³-hybridized carbons (Fsp3) is 0.308. The van der Waals surface area contributed by atoms with Crippen LogP contribution in [0.25, 0.3) is 11.0 Å². The molecule has 0 saturated heterocycles. The number of sulfonamides is 1. The van der Waals surface area contributed by atoms with Crippen molar-refractivity contribution in [2.45, 2.75) is 42.8 Å². The van der Waals surface area contributed by atoms with Crippen molar-refractivity contribution in [3.63, 3.8) is 0 Å². The van der Waals surface area contributed by atoms with Gasteiger partial charge in [-0.1, -0.05) is 12.1 Å². The Bertz CT molecular complexity index is 1720. The molecule has 11 nitrogen and oxygen atoms in total. The van der Waals surface area contributed by atoms with Crippen molar-refractivity contribution in [1.29, 1.82) is 0 Å². The monoisotopic (exact) mass is 530 g/mol. The number of aliphatic imine (C=N–C) groups is 1. The van der Waals surface area contributed by atoms with Crippen LogP contribution in [0.5, 0.6) is 0 Å². The lowest BCUT2D eigenvalue weighted by Crippen LogP contribution is -2.50. The number of nitrogens with zero attached hydrogens (tertiary/aromatic N) is 6. The average Bonchev–Trinajstić information content (AvgIpc) is 3.27. The highest BCUT2D eigenvalue weighted by molar-refractivity contribution is 7.89. The Morgan fingerprint density at radius 2 is 2.00 bits per heavy atom. The zero-order valence-electron chi connectivity index (χ0n) is 20.9. The number of aryl methyl sites for hydroxylation is 1. The van der Waals surface area contributed by atoms with Crippen molar-refractivity contribution in [2.75, 3.05) is 11.4 Å². The van der Waals surface area contributed by atoms with Gasteiger partial charge in [0.25, 0.3) is 5.91 Å². The van der Waals surface area contributed by atoms with E-state index >= 15 is 0 Å². The Morgan fingerprint density at radius 1 is 1.18 bits per heavy atom. The highest BCUT2D eigenvalue weighted by Crippen LogP contribution is 2.41. The first kappa shape index (κ1) is 23.1. The summed E-state index contributed by atoms with van der Waals surface area (Å²) in [5.41, 5.74) is 3.09. The molecule has 1 atom stereocenters. The number of guanidine groups is 1. The Morgan fingerprint density at radius 3 is 2.74 bits per heavy atom. The van der Waals surface area contributed by atoms with Gasteiger partial charge in [-0.2, -0.15) is 5.10 Å². The summed E-state index contributed by atoms with van der Waals surface area (Å²) in [6.45, 7) is 2.53. The Balaban J connectivity index is 1.33. The topological polar surface area (TPSA) is 129 Å². The van der Waals surface area contributed by atoms with E-state index in [-0.39, 0.29) is 23.4 Å². The second-order valence-electron chi connectivity index (χ2n) is 10.4. The molecule has 1 aliphatic carbocycles. The molecule has 2 N–H and O–H groups in total. The van der Waals surface area contributed by atoms with E-state index in [1.54, 1.807) is 27.9 Å². The number of carbonyl (C=O) groups is 1. The van der Waals surface area contributed by atoms with Crippen molar-refractivity contribution < 1.29 is 13.2 Å². The number of aromatic nitrogens is 4. The van der Waals surface area contributed by atoms with Gasteiger partial charge in [-0.15, -0.1) is 0 Å². The molecule has 2 aromatic carbocycles. The van der Waals surface area contributed by atoms with Gasteiger partial charge in [-0.05, 0) is 50.1 Å². The summed E-state index contributed by atoms with van der Waals surface area (Å²) in [7, 11) is -1.97. The van der Waals surface area contributed by atoms with Crippen molar-refractivity contribution in [3.05, 3.63) is 71.8 Å². The minimum absolute atomic E-state index is 0.0684. The molecule has 3 aliphatic rings. The summed E-state index contributed by atoms with van der Waals surface area (Å²) < 4.78 is 30.8. The summed E-state index contributed by atoms with van der Waals surface area (Å²) in [5.74, 6) is 0.932. The number of fused-ring (bicyclic) bond motifs is 4. The van der Waals surface area contributed by atoms with Gasteiger partial charge in [-0.25, -0.2) is 23.1 Å². The number of H-pyrrole nitrogens is 1. The Labute approximate surface area is 219 Å². The minimum Gasteiger partial charge on any atom is -0.340 e. The third-order valence-corrected chi connectivity index (χ3v) is 9.03. The summed E-state index contributed by atoms with van der Waals surface area (Å²) >= 11 is 0. The maximum absolute atomic E-state index is 13.9. The predicted molar refractivity (Wildman–Crippen MR) is 141 cm³/mol. The van der Waals surface area contributed by atoms with E-state index < -0.39 is 15.6 Å². The number of hydrogen-bond donors (Lipinski definition) is 2. The third kappa shape index (κ3) is 3.71. The molecular weight excluding hydrogens is 504 g/mol. The van der Waals surface area contributed by atoms with Gasteiger partial charge in [0, 0.05) is 24.3 Å². The van der Waals surface area contributed by atoms with Gasteiger partial charge in [-0.3, -0.25) is 19.3 Å². The lowest BCUT2D eigenvalue weighted by molar-refractivity contribution is 0.0832. The van der Waals surface area contributed by atoms with Crippen molar-refractivity contribution in [3.8, 4) is 0 Å².